The van der Waals surface area contributed by atoms with Crippen molar-refractivity contribution in [2.45, 2.75) is 110 Å². The van der Waals surface area contributed by atoms with Crippen molar-refractivity contribution >= 4 is 120 Å². The Morgan fingerprint density at radius 2 is 1.31 bits per heavy atom. The van der Waals surface area contributed by atoms with Crippen LogP contribution >= 0.6 is 22.7 Å². The lowest BCUT2D eigenvalue weighted by Crippen LogP contribution is -2.38. The Bertz CT molecular complexity index is 3970. The fourth-order valence-electron chi connectivity index (χ4n) is 13.1. The molecule has 0 radical (unpaired) electrons. The Morgan fingerprint density at radius 3 is 2.10 bits per heavy atom. The van der Waals surface area contributed by atoms with Crippen LogP contribution in [-0.2, 0) is 21.7 Å². The molecule has 0 spiro atoms. The fourth-order valence-corrected chi connectivity index (χ4v) is 15.4. The molecule has 10 aromatic rings. The summed E-state index contributed by atoms with van der Waals surface area (Å²) in [6.45, 7) is 21.6. The summed E-state index contributed by atoms with van der Waals surface area (Å²) in [5, 5.41) is 12.2. The second-order valence-corrected chi connectivity index (χ2v) is 25.7. The molecule has 1 N–H and O–H groups in total. The molecule has 1 aliphatic heterocycles. The molecule has 3 aromatic heterocycles. The number of aromatic nitrogens is 1. The normalized spacial score (nSPS) is 17.6. The molecule has 334 valence electrons. The highest BCUT2D eigenvalue weighted by atomic mass is 32.1. The van der Waals surface area contributed by atoms with Gasteiger partial charge in [-0.3, -0.25) is 0 Å². The van der Waals surface area contributed by atoms with Crippen LogP contribution in [0, 0.1) is 0 Å². The first-order valence-electron chi connectivity index (χ1n) is 25.0. The summed E-state index contributed by atoms with van der Waals surface area (Å²) < 4.78 is 8.12. The van der Waals surface area contributed by atoms with Gasteiger partial charge >= 0.3 is 0 Å². The van der Waals surface area contributed by atoms with Crippen molar-refractivity contribution < 1.29 is 0 Å². The Labute approximate surface area is 408 Å². The maximum Gasteiger partial charge on any atom is 0.198 e. The van der Waals surface area contributed by atoms with Gasteiger partial charge in [0.15, 0.2) is 7.28 Å². The molecule has 0 fully saturated rings. The molecule has 5 heteroatoms. The van der Waals surface area contributed by atoms with E-state index in [2.05, 4.69) is 194 Å². The smallest absolute Gasteiger partial charge is 0.198 e. The highest BCUT2D eigenvalue weighted by Crippen LogP contribution is 2.53. The minimum atomic E-state index is -0.0418. The van der Waals surface area contributed by atoms with Crippen LogP contribution in [0.3, 0.4) is 0 Å². The van der Waals surface area contributed by atoms with Crippen LogP contribution in [0.25, 0.3) is 84.5 Å². The van der Waals surface area contributed by atoms with Crippen molar-refractivity contribution in [2.24, 2.45) is 0 Å². The largest absolute Gasteiger partial charge is 0.355 e. The van der Waals surface area contributed by atoms with Crippen LogP contribution in [0.4, 0.5) is 11.4 Å². The van der Waals surface area contributed by atoms with Gasteiger partial charge in [-0.2, -0.15) is 0 Å². The predicted octanol–water partition coefficient (Wildman–Crippen LogP) is 16.7. The molecule has 14 rings (SSSR count). The van der Waals surface area contributed by atoms with Gasteiger partial charge in [-0.15, -0.1) is 22.7 Å². The van der Waals surface area contributed by atoms with E-state index in [1.807, 2.05) is 22.7 Å². The van der Waals surface area contributed by atoms with Crippen molar-refractivity contribution in [2.75, 3.05) is 5.32 Å². The number of thiophene rings is 2. The van der Waals surface area contributed by atoms with Crippen LogP contribution < -0.4 is 16.2 Å². The molecule has 2 nitrogen and oxygen atoms in total. The molecule has 0 saturated carbocycles. The van der Waals surface area contributed by atoms with Crippen LogP contribution in [0.2, 0.25) is 0 Å². The van der Waals surface area contributed by atoms with E-state index in [1.165, 1.54) is 136 Å². The Balaban J connectivity index is 1.06. The molecule has 3 aliphatic carbocycles. The lowest BCUT2D eigenvalue weighted by atomic mass is 9.58. The third kappa shape index (κ3) is 5.69. The molecule has 4 heterocycles. The molecular weight excluding hydrogens is 860 g/mol. The standard InChI is InChI=1S/C63H57BN2S2/c1-60(2,3)34-18-20-35(21-19-34)65-51-33-57-43(44-27-48-49(32-56(44)68-57)62(6,7)25-24-61(48,4)5)26-41(51)38-22-23-39-42-30-55-45(37-15-11-13-17-54(37)67-55)29-52(42)66-53-28-40-36-14-10-12-16-46(36)63(8,9)47(40)31-50(53)64-58(38)59(39)66/h11-13,15-23,26-33,64-65H,10,14,24-25H2,1-9H3. The van der Waals surface area contributed by atoms with E-state index in [1.54, 1.807) is 5.57 Å². The number of allylic oxidation sites excluding steroid dienone is 4. The summed E-state index contributed by atoms with van der Waals surface area (Å²) in [4.78, 5) is 0. The van der Waals surface area contributed by atoms with Crippen LogP contribution in [-0.4, -0.2) is 11.8 Å². The monoisotopic (exact) mass is 916 g/mol. The van der Waals surface area contributed by atoms with Crippen molar-refractivity contribution in [3.05, 3.63) is 155 Å². The summed E-state index contributed by atoms with van der Waals surface area (Å²) in [5.41, 5.74) is 22.4. The summed E-state index contributed by atoms with van der Waals surface area (Å²) in [6.07, 6.45) is 9.46. The fraction of sp³-hybridized carbons (Fsp3) is 0.270. The van der Waals surface area contributed by atoms with Crippen molar-refractivity contribution in [1.29, 1.82) is 0 Å². The summed E-state index contributed by atoms with van der Waals surface area (Å²) in [6, 6.07) is 43.5. The quantitative estimate of drug-likeness (QED) is 0.175. The number of anilines is 2. The molecule has 7 aromatic carbocycles. The molecule has 0 saturated heterocycles. The topological polar surface area (TPSA) is 17.0 Å². The number of fused-ring (bicyclic) bond motifs is 14. The van der Waals surface area contributed by atoms with Gasteiger partial charge in [-0.1, -0.05) is 128 Å². The second-order valence-electron chi connectivity index (χ2n) is 23.6. The van der Waals surface area contributed by atoms with E-state index in [0.717, 1.165) is 31.5 Å². The Hall–Kier alpha value is -5.88. The SMILES string of the molecule is CC(C)(C)c1ccc(Nc2cc3sc4cc5c(cc4c3cc2-c2ccc3c4cc6sc7ccccc7c6cc4n4c3c2Bc2cc3c(cc2-4)C2=C(C=CCC2)C3(C)C)C(C)(C)CCC5(C)C)cc1. The Kier molecular flexibility index (Phi) is 8.27. The molecular formula is C63H57BN2S2. The number of benzene rings is 7. The molecule has 0 amide bonds. The van der Waals surface area contributed by atoms with E-state index >= 15 is 0 Å². The molecule has 0 bridgehead atoms. The zero-order valence-corrected chi connectivity index (χ0v) is 42.5. The maximum absolute atomic E-state index is 4.04. The maximum atomic E-state index is 4.04. The van der Waals surface area contributed by atoms with Gasteiger partial charge in [-0.25, -0.2) is 0 Å². The third-order valence-electron chi connectivity index (χ3n) is 17.1. The third-order valence-corrected chi connectivity index (χ3v) is 19.4. The average molecular weight is 917 g/mol. The number of hydrogen-bond donors (Lipinski definition) is 1. The van der Waals surface area contributed by atoms with E-state index < -0.39 is 0 Å². The zero-order valence-electron chi connectivity index (χ0n) is 40.8. The number of nitrogens with zero attached hydrogens (tertiary/aromatic N) is 1. The van der Waals surface area contributed by atoms with Gasteiger partial charge in [0, 0.05) is 84.7 Å². The van der Waals surface area contributed by atoms with Gasteiger partial charge in [0.05, 0.1) is 5.52 Å². The molecule has 68 heavy (non-hydrogen) atoms. The molecule has 4 aliphatic rings. The van der Waals surface area contributed by atoms with Crippen LogP contribution in [0.15, 0.2) is 127 Å². The van der Waals surface area contributed by atoms with Gasteiger partial charge in [-0.05, 0) is 153 Å². The highest BCUT2D eigenvalue weighted by Gasteiger charge is 2.40. The van der Waals surface area contributed by atoms with Gasteiger partial charge in [0.1, 0.15) is 0 Å². The van der Waals surface area contributed by atoms with Crippen molar-refractivity contribution in [3.8, 4) is 16.8 Å². The number of nitrogens with one attached hydrogen (secondary N) is 1. The minimum absolute atomic E-state index is 0.0418. The predicted molar refractivity (Wildman–Crippen MR) is 300 cm³/mol. The average Bonchev–Trinajstić information content (AvgIpc) is 4.02. The van der Waals surface area contributed by atoms with Crippen LogP contribution in [0.1, 0.15) is 116 Å². The van der Waals surface area contributed by atoms with E-state index in [9.17, 15) is 0 Å². The van der Waals surface area contributed by atoms with Crippen molar-refractivity contribution in [3.63, 3.8) is 0 Å². The summed E-state index contributed by atoms with van der Waals surface area (Å²) >= 11 is 3.88. The summed E-state index contributed by atoms with van der Waals surface area (Å²) in [5.74, 6) is 0. The van der Waals surface area contributed by atoms with E-state index in [4.69, 9.17) is 0 Å². The Morgan fingerprint density at radius 1 is 0.603 bits per heavy atom. The number of rotatable bonds is 3. The van der Waals surface area contributed by atoms with Gasteiger partial charge in [0.25, 0.3) is 0 Å². The first-order valence-corrected chi connectivity index (χ1v) is 26.6. The zero-order chi connectivity index (χ0) is 46.4. The van der Waals surface area contributed by atoms with Crippen molar-refractivity contribution in [1.82, 2.24) is 4.57 Å². The lowest BCUT2D eigenvalue weighted by Gasteiger charge is -2.41. The highest BCUT2D eigenvalue weighted by molar-refractivity contribution is 7.26. The van der Waals surface area contributed by atoms with Gasteiger partial charge in [0.2, 0.25) is 0 Å². The minimum Gasteiger partial charge on any atom is -0.355 e. The molecule has 0 atom stereocenters. The van der Waals surface area contributed by atoms with Crippen LogP contribution in [0.5, 0.6) is 0 Å². The first-order chi connectivity index (χ1) is 32.5. The second kappa shape index (κ2) is 13.7. The first kappa shape index (κ1) is 41.1. The molecule has 0 unspecified atom stereocenters. The number of hydrogen-bond acceptors (Lipinski definition) is 3. The lowest BCUT2D eigenvalue weighted by molar-refractivity contribution is 0.332. The summed E-state index contributed by atoms with van der Waals surface area (Å²) in [7, 11) is 0.873. The van der Waals surface area contributed by atoms with Gasteiger partial charge < -0.3 is 9.88 Å². The van der Waals surface area contributed by atoms with E-state index in [0.29, 0.717) is 0 Å². The van der Waals surface area contributed by atoms with E-state index in [-0.39, 0.29) is 21.7 Å².